The number of hydrogen-bond donors (Lipinski definition) is 5. The summed E-state index contributed by atoms with van der Waals surface area (Å²) >= 11 is 0. The van der Waals surface area contributed by atoms with Crippen LogP contribution in [0.5, 0.6) is 0 Å². The molecule has 0 aliphatic carbocycles. The summed E-state index contributed by atoms with van der Waals surface area (Å²) in [4.78, 5) is 64.2. The van der Waals surface area contributed by atoms with Crippen LogP contribution in [0.3, 0.4) is 0 Å². The van der Waals surface area contributed by atoms with Crippen LogP contribution in [-0.2, 0) is 28.2 Å². The molecule has 3 heterocycles. The molecule has 1 fully saturated rings. The Morgan fingerprint density at radius 3 is 2.69 bits per heavy atom. The van der Waals surface area contributed by atoms with Crippen LogP contribution in [0.15, 0.2) is 11.1 Å². The number of esters is 1. The number of rotatable bonds is 7. The lowest BCUT2D eigenvalue weighted by molar-refractivity contribution is -0.155. The molecular weight excluding hydrogens is 453 g/mol. The number of phosphoric acid groups is 1. The molecular formula is C16H22N5O10P. The van der Waals surface area contributed by atoms with Crippen LogP contribution in [0.1, 0.15) is 27.0 Å². The van der Waals surface area contributed by atoms with Gasteiger partial charge in [0.15, 0.2) is 23.5 Å². The third-order valence-electron chi connectivity index (χ3n) is 4.49. The van der Waals surface area contributed by atoms with Gasteiger partial charge in [-0.05, 0) is 0 Å². The molecule has 16 heteroatoms. The number of aliphatic hydroxyl groups is 1. The van der Waals surface area contributed by atoms with E-state index in [1.54, 1.807) is 13.8 Å². The van der Waals surface area contributed by atoms with Crippen molar-refractivity contribution in [2.45, 2.75) is 45.3 Å². The second-order valence-corrected chi connectivity index (χ2v) is 8.54. The predicted molar refractivity (Wildman–Crippen MR) is 105 cm³/mol. The van der Waals surface area contributed by atoms with Crippen molar-refractivity contribution in [3.8, 4) is 0 Å². The molecule has 0 spiro atoms. The number of aliphatic hydroxyl groups excluding tert-OH is 1. The first-order valence-corrected chi connectivity index (χ1v) is 10.9. The van der Waals surface area contributed by atoms with Crippen molar-refractivity contribution in [2.24, 2.45) is 5.92 Å². The molecule has 1 aliphatic rings. The number of hydrogen-bond acceptors (Lipinski definition) is 10. The molecule has 1 aliphatic heterocycles. The maximum atomic E-state index is 12.4. The fourth-order valence-corrected chi connectivity index (χ4v) is 3.34. The Balaban J connectivity index is 1.99. The molecule has 1 amide bonds. The van der Waals surface area contributed by atoms with Crippen LogP contribution in [-0.4, -0.2) is 71.2 Å². The van der Waals surface area contributed by atoms with Crippen LogP contribution < -0.4 is 10.9 Å². The second kappa shape index (κ2) is 9.05. The lowest BCUT2D eigenvalue weighted by Gasteiger charge is -2.21. The van der Waals surface area contributed by atoms with Crippen molar-refractivity contribution < 1.29 is 43.0 Å². The average molecular weight is 475 g/mol. The van der Waals surface area contributed by atoms with Gasteiger partial charge in [0.1, 0.15) is 12.2 Å². The fourth-order valence-electron chi connectivity index (χ4n) is 3.00. The minimum absolute atomic E-state index is 0.0567. The number of imidazole rings is 1. The first-order chi connectivity index (χ1) is 14.9. The highest BCUT2D eigenvalue weighted by atomic mass is 31.2. The molecule has 0 aromatic carbocycles. The van der Waals surface area contributed by atoms with E-state index in [1.807, 2.05) is 0 Å². The Morgan fingerprint density at radius 1 is 1.41 bits per heavy atom. The molecule has 15 nitrogen and oxygen atoms in total. The van der Waals surface area contributed by atoms with Crippen molar-refractivity contribution in [1.82, 2.24) is 19.5 Å². The lowest BCUT2D eigenvalue weighted by atomic mass is 10.1. The molecule has 0 unspecified atom stereocenters. The number of fused-ring (bicyclic) bond motifs is 1. The van der Waals surface area contributed by atoms with Gasteiger partial charge in [0.2, 0.25) is 11.9 Å². The predicted octanol–water partition coefficient (Wildman–Crippen LogP) is -0.987. The summed E-state index contributed by atoms with van der Waals surface area (Å²) in [5.74, 6) is -1.72. The summed E-state index contributed by atoms with van der Waals surface area (Å²) in [6.45, 7) is 3.68. The standard InChI is InChI=1S/C16H22N5O10P/c1-6(2)13(24)19-16-18-12-9(14(25)20-16)17-5-21(12)15-11(30-7(3)22)10(23)8(31-15)4-29-32(26,27)28/h5-6,8,10-11,15,23H,4H2,1-3H3,(H2,26,27,28)(H2,18,19,20,24,25)/t8-,10-,11-,15-/m1/s1. The Bertz CT molecular complexity index is 1120. The highest BCUT2D eigenvalue weighted by Crippen LogP contribution is 2.39. The second-order valence-electron chi connectivity index (χ2n) is 7.30. The zero-order valence-electron chi connectivity index (χ0n) is 17.2. The number of aromatic nitrogens is 4. The lowest BCUT2D eigenvalue weighted by Crippen LogP contribution is -2.36. The molecule has 1 saturated heterocycles. The van der Waals surface area contributed by atoms with Gasteiger partial charge in [0.25, 0.3) is 5.56 Å². The molecule has 0 saturated carbocycles. The van der Waals surface area contributed by atoms with Crippen molar-refractivity contribution in [1.29, 1.82) is 0 Å². The Kier molecular flexibility index (Phi) is 6.78. The monoisotopic (exact) mass is 475 g/mol. The summed E-state index contributed by atoms with van der Waals surface area (Å²) in [5.41, 5.74) is -0.849. The van der Waals surface area contributed by atoms with Crippen LogP contribution >= 0.6 is 7.82 Å². The topological polar surface area (TPSA) is 215 Å². The maximum absolute atomic E-state index is 12.4. The Morgan fingerprint density at radius 2 is 2.09 bits per heavy atom. The molecule has 2 aromatic rings. The molecule has 0 bridgehead atoms. The molecule has 3 rings (SSSR count). The van der Waals surface area contributed by atoms with Gasteiger partial charge in [0, 0.05) is 12.8 Å². The van der Waals surface area contributed by atoms with Crippen LogP contribution in [0.4, 0.5) is 5.95 Å². The summed E-state index contributed by atoms with van der Waals surface area (Å²) in [6, 6.07) is 0. The Hall–Kier alpha value is -2.68. The van der Waals surface area contributed by atoms with E-state index in [2.05, 4.69) is 24.8 Å². The summed E-state index contributed by atoms with van der Waals surface area (Å²) < 4.78 is 27.3. The van der Waals surface area contributed by atoms with Gasteiger partial charge in [-0.15, -0.1) is 0 Å². The first kappa shape index (κ1) is 24.0. The normalized spacial score (nSPS) is 23.6. The number of amides is 1. The molecule has 5 N–H and O–H groups in total. The third kappa shape index (κ3) is 5.20. The van der Waals surface area contributed by atoms with E-state index in [0.29, 0.717) is 0 Å². The van der Waals surface area contributed by atoms with Crippen LogP contribution in [0.25, 0.3) is 11.2 Å². The number of nitrogens with zero attached hydrogens (tertiary/aromatic N) is 3. The van der Waals surface area contributed by atoms with Gasteiger partial charge in [-0.3, -0.25) is 33.8 Å². The molecule has 32 heavy (non-hydrogen) atoms. The SMILES string of the molecule is CC(=O)O[C@@H]1[C@H](O)[C@@H](COP(=O)(O)O)O[C@H]1n1cnc2c(=O)[nH]c(NC(=O)C(C)C)nc21. The number of aromatic amines is 1. The van der Waals surface area contributed by atoms with Crippen LogP contribution in [0, 0.1) is 5.92 Å². The van der Waals surface area contributed by atoms with E-state index in [9.17, 15) is 24.1 Å². The first-order valence-electron chi connectivity index (χ1n) is 9.36. The van der Waals surface area contributed by atoms with E-state index in [1.165, 1.54) is 4.57 Å². The van der Waals surface area contributed by atoms with Crippen LogP contribution in [0.2, 0.25) is 0 Å². The number of nitrogens with one attached hydrogen (secondary N) is 2. The van der Waals surface area contributed by atoms with E-state index in [-0.39, 0.29) is 17.1 Å². The largest absolute Gasteiger partial charge is 0.469 e. The van der Waals surface area contributed by atoms with E-state index < -0.39 is 62.3 Å². The van der Waals surface area contributed by atoms with Crippen molar-refractivity contribution in [3.05, 3.63) is 16.7 Å². The van der Waals surface area contributed by atoms with Gasteiger partial charge in [-0.2, -0.15) is 4.98 Å². The van der Waals surface area contributed by atoms with E-state index in [4.69, 9.17) is 19.3 Å². The number of carbonyl (C=O) groups excluding carboxylic acids is 2. The number of anilines is 1. The average Bonchev–Trinajstić information content (AvgIpc) is 3.21. The highest BCUT2D eigenvalue weighted by molar-refractivity contribution is 7.46. The maximum Gasteiger partial charge on any atom is 0.469 e. The zero-order valence-corrected chi connectivity index (χ0v) is 18.1. The van der Waals surface area contributed by atoms with Gasteiger partial charge in [0.05, 0.1) is 12.9 Å². The number of H-pyrrole nitrogens is 1. The zero-order chi connectivity index (χ0) is 23.8. The van der Waals surface area contributed by atoms with E-state index in [0.717, 1.165) is 13.3 Å². The number of carbonyl (C=O) groups is 2. The molecule has 2 aromatic heterocycles. The summed E-state index contributed by atoms with van der Waals surface area (Å²) in [5, 5.41) is 13.0. The Labute approximate surface area is 180 Å². The highest BCUT2D eigenvalue weighted by Gasteiger charge is 2.48. The van der Waals surface area contributed by atoms with Gasteiger partial charge >= 0.3 is 13.8 Å². The van der Waals surface area contributed by atoms with Crippen molar-refractivity contribution in [3.63, 3.8) is 0 Å². The quantitative estimate of drug-likeness (QED) is 0.241. The summed E-state index contributed by atoms with van der Waals surface area (Å²) in [7, 11) is -4.86. The molecule has 176 valence electrons. The van der Waals surface area contributed by atoms with Crippen molar-refractivity contribution >= 4 is 36.8 Å². The third-order valence-corrected chi connectivity index (χ3v) is 4.98. The minimum Gasteiger partial charge on any atom is -0.455 e. The van der Waals surface area contributed by atoms with Gasteiger partial charge in [-0.1, -0.05) is 13.8 Å². The van der Waals surface area contributed by atoms with Crippen molar-refractivity contribution in [2.75, 3.05) is 11.9 Å². The van der Waals surface area contributed by atoms with Gasteiger partial charge in [-0.25, -0.2) is 9.55 Å². The number of phosphoric ester groups is 1. The molecule has 4 atom stereocenters. The minimum atomic E-state index is -4.86. The fraction of sp³-hybridized carbons (Fsp3) is 0.562. The van der Waals surface area contributed by atoms with E-state index >= 15 is 0 Å². The smallest absolute Gasteiger partial charge is 0.455 e. The number of ether oxygens (including phenoxy) is 2. The van der Waals surface area contributed by atoms with Gasteiger partial charge < -0.3 is 24.4 Å². The summed E-state index contributed by atoms with van der Waals surface area (Å²) in [6.07, 6.45) is -4.29. The molecule has 0 radical (unpaired) electrons.